The minimum atomic E-state index is -0.308. The number of aromatic hydroxyl groups is 1. The Kier molecular flexibility index (Phi) is 6.68. The number of nitrogens with zero attached hydrogens (tertiary/aromatic N) is 1. The summed E-state index contributed by atoms with van der Waals surface area (Å²) in [5, 5.41) is 10.8. The van der Waals surface area contributed by atoms with Crippen LogP contribution in [-0.2, 0) is 4.79 Å². The number of benzene rings is 2. The lowest BCUT2D eigenvalue weighted by molar-refractivity contribution is -0.134. The number of amides is 1. The van der Waals surface area contributed by atoms with Crippen LogP contribution in [0.2, 0.25) is 0 Å². The zero-order valence-electron chi connectivity index (χ0n) is 17.7. The van der Waals surface area contributed by atoms with Gasteiger partial charge in [-0.15, -0.1) is 0 Å². The van der Waals surface area contributed by atoms with Crippen LogP contribution < -0.4 is 9.47 Å². The fraction of sp³-hybridized carbons (Fsp3) is 0.458. The first-order valence-corrected chi connectivity index (χ1v) is 10.2. The van der Waals surface area contributed by atoms with Crippen LogP contribution in [0.15, 0.2) is 42.5 Å². The molecule has 5 nitrogen and oxygen atoms in total. The number of phenols is 1. The lowest BCUT2D eigenvalue weighted by Gasteiger charge is -2.36. The smallest absolute Gasteiger partial charge is 0.223 e. The fourth-order valence-electron chi connectivity index (χ4n) is 4.47. The third kappa shape index (κ3) is 4.84. The van der Waals surface area contributed by atoms with Gasteiger partial charge in [0.1, 0.15) is 17.2 Å². The van der Waals surface area contributed by atoms with Crippen molar-refractivity contribution in [2.24, 2.45) is 11.8 Å². The van der Waals surface area contributed by atoms with Crippen molar-refractivity contribution in [1.82, 2.24) is 4.90 Å². The molecule has 1 heterocycles. The fourth-order valence-corrected chi connectivity index (χ4v) is 4.47. The van der Waals surface area contributed by atoms with Gasteiger partial charge in [0.2, 0.25) is 5.91 Å². The van der Waals surface area contributed by atoms with Crippen LogP contribution in [0, 0.1) is 11.8 Å². The van der Waals surface area contributed by atoms with E-state index >= 15 is 0 Å². The SMILES string of the molecule is COc1cc(O)c(C(CC(=O)N2CC(C)CC(C)C2)c2ccccc2)c(OC)c1. The standard InChI is InChI=1S/C24H31NO4/c1-16-10-17(2)15-25(14-16)23(27)13-20(18-8-6-5-7-9-18)24-21(26)11-19(28-3)12-22(24)29-4/h5-9,11-12,16-17,20,26H,10,13-15H2,1-4H3. The maximum atomic E-state index is 13.3. The third-order valence-corrected chi connectivity index (χ3v) is 5.70. The van der Waals surface area contributed by atoms with Gasteiger partial charge in [-0.2, -0.15) is 0 Å². The van der Waals surface area contributed by atoms with Crippen LogP contribution in [-0.4, -0.2) is 43.2 Å². The number of methoxy groups -OCH3 is 2. The van der Waals surface area contributed by atoms with Crippen molar-refractivity contribution in [3.8, 4) is 17.2 Å². The highest BCUT2D eigenvalue weighted by Crippen LogP contribution is 2.43. The number of hydrogen-bond acceptors (Lipinski definition) is 4. The van der Waals surface area contributed by atoms with Gasteiger partial charge in [0.05, 0.1) is 14.2 Å². The van der Waals surface area contributed by atoms with Gasteiger partial charge in [-0.05, 0) is 23.8 Å². The second-order valence-corrected chi connectivity index (χ2v) is 8.17. The summed E-state index contributed by atoms with van der Waals surface area (Å²) in [6, 6.07) is 13.1. The van der Waals surface area contributed by atoms with E-state index in [0.29, 0.717) is 28.9 Å². The predicted octanol–water partition coefficient (Wildman–Crippen LogP) is 4.44. The van der Waals surface area contributed by atoms with Crippen molar-refractivity contribution in [2.45, 2.75) is 32.6 Å². The third-order valence-electron chi connectivity index (χ3n) is 5.70. The summed E-state index contributed by atoms with van der Waals surface area (Å²) in [6.45, 7) is 5.97. The minimum Gasteiger partial charge on any atom is -0.507 e. The Morgan fingerprint density at radius 1 is 1.10 bits per heavy atom. The van der Waals surface area contributed by atoms with E-state index < -0.39 is 0 Å². The molecule has 0 saturated carbocycles. The summed E-state index contributed by atoms with van der Waals surface area (Å²) in [5.74, 6) is 1.90. The summed E-state index contributed by atoms with van der Waals surface area (Å²) in [7, 11) is 3.11. The van der Waals surface area contributed by atoms with Crippen LogP contribution in [0.5, 0.6) is 17.2 Å². The molecule has 1 N–H and O–H groups in total. The highest BCUT2D eigenvalue weighted by molar-refractivity contribution is 5.78. The minimum absolute atomic E-state index is 0.0724. The molecule has 156 valence electrons. The summed E-state index contributed by atoms with van der Waals surface area (Å²) >= 11 is 0. The normalized spacial score (nSPS) is 20.2. The van der Waals surface area contributed by atoms with Crippen molar-refractivity contribution in [1.29, 1.82) is 0 Å². The average Bonchev–Trinajstić information content (AvgIpc) is 2.71. The van der Waals surface area contributed by atoms with E-state index in [-0.39, 0.29) is 24.0 Å². The molecule has 2 aromatic rings. The molecule has 0 bridgehead atoms. The van der Waals surface area contributed by atoms with E-state index in [2.05, 4.69) is 13.8 Å². The zero-order chi connectivity index (χ0) is 21.0. The van der Waals surface area contributed by atoms with Gasteiger partial charge >= 0.3 is 0 Å². The Morgan fingerprint density at radius 2 is 1.76 bits per heavy atom. The number of ether oxygens (including phenoxy) is 2. The lowest BCUT2D eigenvalue weighted by atomic mass is 9.85. The molecule has 0 aliphatic carbocycles. The number of piperidine rings is 1. The second kappa shape index (κ2) is 9.21. The van der Waals surface area contributed by atoms with E-state index in [1.54, 1.807) is 26.4 Å². The number of rotatable bonds is 6. The Morgan fingerprint density at radius 3 is 2.34 bits per heavy atom. The Balaban J connectivity index is 1.98. The summed E-state index contributed by atoms with van der Waals surface area (Å²) < 4.78 is 10.8. The zero-order valence-corrected chi connectivity index (χ0v) is 17.7. The Bertz CT molecular complexity index is 826. The number of likely N-dealkylation sites (tertiary alicyclic amines) is 1. The van der Waals surface area contributed by atoms with E-state index in [0.717, 1.165) is 25.1 Å². The summed E-state index contributed by atoms with van der Waals surface area (Å²) in [5.41, 5.74) is 1.59. The molecule has 3 unspecified atom stereocenters. The van der Waals surface area contributed by atoms with Crippen molar-refractivity contribution in [2.75, 3.05) is 27.3 Å². The van der Waals surface area contributed by atoms with Crippen molar-refractivity contribution >= 4 is 5.91 Å². The van der Waals surface area contributed by atoms with Crippen LogP contribution in [0.3, 0.4) is 0 Å². The first-order valence-electron chi connectivity index (χ1n) is 10.2. The Hall–Kier alpha value is -2.69. The summed E-state index contributed by atoms with van der Waals surface area (Å²) in [6.07, 6.45) is 1.43. The van der Waals surface area contributed by atoms with Gasteiger partial charge in [-0.1, -0.05) is 44.2 Å². The van der Waals surface area contributed by atoms with Gasteiger partial charge in [-0.25, -0.2) is 0 Å². The highest BCUT2D eigenvalue weighted by Gasteiger charge is 2.30. The molecule has 1 amide bonds. The van der Waals surface area contributed by atoms with E-state index in [9.17, 15) is 9.90 Å². The number of hydrogen-bond donors (Lipinski definition) is 1. The monoisotopic (exact) mass is 397 g/mol. The maximum Gasteiger partial charge on any atom is 0.223 e. The molecule has 1 fully saturated rings. The lowest BCUT2D eigenvalue weighted by Crippen LogP contribution is -2.43. The molecule has 1 aliphatic rings. The van der Waals surface area contributed by atoms with Crippen LogP contribution in [0.4, 0.5) is 0 Å². The van der Waals surface area contributed by atoms with Crippen molar-refractivity contribution < 1.29 is 19.4 Å². The van der Waals surface area contributed by atoms with Gasteiger partial charge in [-0.3, -0.25) is 4.79 Å². The molecular formula is C24H31NO4. The highest BCUT2D eigenvalue weighted by atomic mass is 16.5. The molecule has 1 aliphatic heterocycles. The van der Waals surface area contributed by atoms with Gasteiger partial charge in [0.15, 0.2) is 0 Å². The number of phenolic OH excluding ortho intramolecular Hbond substituents is 1. The molecule has 0 radical (unpaired) electrons. The largest absolute Gasteiger partial charge is 0.507 e. The molecule has 29 heavy (non-hydrogen) atoms. The van der Waals surface area contributed by atoms with Gasteiger partial charge in [0.25, 0.3) is 0 Å². The molecular weight excluding hydrogens is 366 g/mol. The molecule has 1 saturated heterocycles. The van der Waals surface area contributed by atoms with Crippen LogP contribution in [0.25, 0.3) is 0 Å². The first-order chi connectivity index (χ1) is 13.9. The quantitative estimate of drug-likeness (QED) is 0.783. The van der Waals surface area contributed by atoms with Crippen molar-refractivity contribution in [3.63, 3.8) is 0 Å². The molecule has 0 aromatic heterocycles. The number of carbonyl (C=O) groups is 1. The molecule has 3 atom stereocenters. The van der Waals surface area contributed by atoms with E-state index in [1.807, 2.05) is 35.2 Å². The average molecular weight is 398 g/mol. The summed E-state index contributed by atoms with van der Waals surface area (Å²) in [4.78, 5) is 15.2. The molecule has 3 rings (SSSR count). The Labute approximate surface area is 173 Å². The predicted molar refractivity (Wildman–Crippen MR) is 114 cm³/mol. The van der Waals surface area contributed by atoms with E-state index in [4.69, 9.17) is 9.47 Å². The van der Waals surface area contributed by atoms with Gasteiger partial charge < -0.3 is 19.5 Å². The first kappa shape index (κ1) is 21.0. The molecule has 5 heteroatoms. The second-order valence-electron chi connectivity index (χ2n) is 8.17. The topological polar surface area (TPSA) is 59.0 Å². The van der Waals surface area contributed by atoms with E-state index in [1.165, 1.54) is 0 Å². The van der Waals surface area contributed by atoms with Crippen molar-refractivity contribution in [3.05, 3.63) is 53.6 Å². The van der Waals surface area contributed by atoms with Gasteiger partial charge in [0, 0.05) is 43.1 Å². The van der Waals surface area contributed by atoms with Crippen LogP contribution >= 0.6 is 0 Å². The number of carbonyl (C=O) groups excluding carboxylic acids is 1. The maximum absolute atomic E-state index is 13.3. The van der Waals surface area contributed by atoms with Crippen LogP contribution in [0.1, 0.15) is 43.7 Å². The molecule has 2 aromatic carbocycles. The molecule has 0 spiro atoms.